The summed E-state index contributed by atoms with van der Waals surface area (Å²) in [5.41, 5.74) is 6.44. The van der Waals surface area contributed by atoms with Crippen LogP contribution in [0.1, 0.15) is 16.5 Å². The van der Waals surface area contributed by atoms with Crippen molar-refractivity contribution in [2.75, 3.05) is 7.11 Å². The highest BCUT2D eigenvalue weighted by atomic mass is 32.1. The van der Waals surface area contributed by atoms with Crippen molar-refractivity contribution in [1.29, 1.82) is 0 Å². The summed E-state index contributed by atoms with van der Waals surface area (Å²) in [7, 11) is 1.51. The summed E-state index contributed by atoms with van der Waals surface area (Å²) in [6.45, 7) is 0. The first kappa shape index (κ1) is 11.1. The topological polar surface area (TPSA) is 35.2 Å². The van der Waals surface area contributed by atoms with Crippen molar-refractivity contribution in [3.8, 4) is 5.75 Å². The first-order valence-electron chi connectivity index (χ1n) is 4.85. The molecule has 0 aliphatic carbocycles. The van der Waals surface area contributed by atoms with Crippen LogP contribution in [0, 0.1) is 5.82 Å². The number of hydrogen-bond donors (Lipinski definition) is 1. The highest BCUT2D eigenvalue weighted by molar-refractivity contribution is 7.10. The van der Waals surface area contributed by atoms with Gasteiger partial charge in [0.1, 0.15) is 11.6 Å². The fraction of sp³-hybridized carbons (Fsp3) is 0.167. The Hall–Kier alpha value is -1.39. The van der Waals surface area contributed by atoms with Crippen LogP contribution in [0.4, 0.5) is 4.39 Å². The van der Waals surface area contributed by atoms with Gasteiger partial charge in [-0.25, -0.2) is 4.39 Å². The van der Waals surface area contributed by atoms with Crippen LogP contribution >= 0.6 is 11.3 Å². The van der Waals surface area contributed by atoms with E-state index in [4.69, 9.17) is 10.5 Å². The number of halogens is 1. The van der Waals surface area contributed by atoms with E-state index >= 15 is 0 Å². The predicted octanol–water partition coefficient (Wildman–Crippen LogP) is 2.94. The lowest BCUT2D eigenvalue weighted by Crippen LogP contribution is -2.13. The standard InChI is InChI=1S/C12H12FNOS/c1-15-9-5-2-4-8(13)11(9)12(14)10-6-3-7-16-10/h2-7,12H,14H2,1H3. The molecule has 0 fully saturated rings. The van der Waals surface area contributed by atoms with E-state index in [-0.39, 0.29) is 5.82 Å². The van der Waals surface area contributed by atoms with Crippen molar-refractivity contribution in [3.05, 3.63) is 52.0 Å². The van der Waals surface area contributed by atoms with Gasteiger partial charge in [-0.3, -0.25) is 0 Å². The summed E-state index contributed by atoms with van der Waals surface area (Å²) in [6, 6.07) is 8.03. The molecule has 84 valence electrons. The number of ether oxygens (including phenoxy) is 1. The van der Waals surface area contributed by atoms with Crippen LogP contribution in [0.5, 0.6) is 5.75 Å². The Morgan fingerprint density at radius 1 is 1.31 bits per heavy atom. The molecule has 2 aromatic rings. The average Bonchev–Trinajstić information content (AvgIpc) is 2.81. The van der Waals surface area contributed by atoms with Gasteiger partial charge in [0.25, 0.3) is 0 Å². The molecule has 0 amide bonds. The Labute approximate surface area is 97.5 Å². The summed E-state index contributed by atoms with van der Waals surface area (Å²) >= 11 is 1.51. The third-order valence-corrected chi connectivity index (χ3v) is 3.35. The second-order valence-electron chi connectivity index (χ2n) is 3.35. The van der Waals surface area contributed by atoms with E-state index in [0.717, 1.165) is 4.88 Å². The molecule has 1 aromatic heterocycles. The first-order valence-corrected chi connectivity index (χ1v) is 5.73. The van der Waals surface area contributed by atoms with Gasteiger partial charge in [0.2, 0.25) is 0 Å². The molecule has 4 heteroatoms. The molecule has 1 aromatic carbocycles. The van der Waals surface area contributed by atoms with Crippen LogP contribution in [0.3, 0.4) is 0 Å². The van der Waals surface area contributed by atoms with E-state index in [0.29, 0.717) is 11.3 Å². The maximum absolute atomic E-state index is 13.7. The second kappa shape index (κ2) is 4.63. The molecule has 1 atom stereocenters. The molecule has 0 saturated heterocycles. The summed E-state index contributed by atoms with van der Waals surface area (Å²) < 4.78 is 18.9. The molecule has 2 nitrogen and oxygen atoms in total. The van der Waals surface area contributed by atoms with Crippen molar-refractivity contribution in [3.63, 3.8) is 0 Å². The lowest BCUT2D eigenvalue weighted by molar-refractivity contribution is 0.402. The normalized spacial score (nSPS) is 12.4. The number of hydrogen-bond acceptors (Lipinski definition) is 3. The minimum absolute atomic E-state index is 0.333. The van der Waals surface area contributed by atoms with Gasteiger partial charge in [-0.15, -0.1) is 11.3 Å². The Bertz CT molecular complexity index is 470. The average molecular weight is 237 g/mol. The zero-order valence-electron chi connectivity index (χ0n) is 8.81. The van der Waals surface area contributed by atoms with Crippen molar-refractivity contribution in [2.45, 2.75) is 6.04 Å². The van der Waals surface area contributed by atoms with Crippen LogP contribution in [0.25, 0.3) is 0 Å². The summed E-state index contributed by atoms with van der Waals surface area (Å²) in [5.74, 6) is 0.154. The van der Waals surface area contributed by atoms with E-state index in [1.807, 2.05) is 17.5 Å². The van der Waals surface area contributed by atoms with E-state index in [2.05, 4.69) is 0 Å². The first-order chi connectivity index (χ1) is 7.74. The van der Waals surface area contributed by atoms with E-state index in [9.17, 15) is 4.39 Å². The summed E-state index contributed by atoms with van der Waals surface area (Å²) in [6.07, 6.45) is 0. The Morgan fingerprint density at radius 2 is 2.12 bits per heavy atom. The van der Waals surface area contributed by atoms with Gasteiger partial charge in [0.15, 0.2) is 0 Å². The Balaban J connectivity index is 2.47. The van der Waals surface area contributed by atoms with Crippen LogP contribution in [0.15, 0.2) is 35.7 Å². The fourth-order valence-corrected chi connectivity index (χ4v) is 2.34. The molecular formula is C12H12FNOS. The number of benzene rings is 1. The maximum atomic E-state index is 13.7. The number of nitrogens with two attached hydrogens (primary N) is 1. The van der Waals surface area contributed by atoms with Gasteiger partial charge < -0.3 is 10.5 Å². The molecule has 0 saturated carbocycles. The molecular weight excluding hydrogens is 225 g/mol. The zero-order chi connectivity index (χ0) is 11.5. The molecule has 2 N–H and O–H groups in total. The molecule has 1 unspecified atom stereocenters. The highest BCUT2D eigenvalue weighted by Gasteiger charge is 2.18. The van der Waals surface area contributed by atoms with Crippen LogP contribution in [-0.4, -0.2) is 7.11 Å². The monoisotopic (exact) mass is 237 g/mol. The minimum atomic E-state index is -0.476. The quantitative estimate of drug-likeness (QED) is 0.890. The minimum Gasteiger partial charge on any atom is -0.496 e. The van der Waals surface area contributed by atoms with E-state index in [1.165, 1.54) is 24.5 Å². The van der Waals surface area contributed by atoms with Crippen LogP contribution in [0.2, 0.25) is 0 Å². The number of rotatable bonds is 3. The molecule has 0 radical (unpaired) electrons. The molecule has 16 heavy (non-hydrogen) atoms. The van der Waals surface area contributed by atoms with Gasteiger partial charge in [-0.2, -0.15) is 0 Å². The lowest BCUT2D eigenvalue weighted by Gasteiger charge is -2.15. The van der Waals surface area contributed by atoms with Crippen molar-refractivity contribution in [2.24, 2.45) is 5.73 Å². The third kappa shape index (κ3) is 1.94. The zero-order valence-corrected chi connectivity index (χ0v) is 9.63. The Kier molecular flexibility index (Phi) is 3.22. The van der Waals surface area contributed by atoms with Crippen molar-refractivity contribution in [1.82, 2.24) is 0 Å². The Morgan fingerprint density at radius 3 is 2.75 bits per heavy atom. The molecule has 0 bridgehead atoms. The molecule has 1 heterocycles. The molecule has 0 aliphatic heterocycles. The number of methoxy groups -OCH3 is 1. The second-order valence-corrected chi connectivity index (χ2v) is 4.33. The van der Waals surface area contributed by atoms with Gasteiger partial charge in [0, 0.05) is 4.88 Å². The van der Waals surface area contributed by atoms with E-state index in [1.54, 1.807) is 12.1 Å². The third-order valence-electron chi connectivity index (χ3n) is 2.39. The van der Waals surface area contributed by atoms with Gasteiger partial charge >= 0.3 is 0 Å². The van der Waals surface area contributed by atoms with Crippen molar-refractivity contribution >= 4 is 11.3 Å². The number of thiophene rings is 1. The van der Waals surface area contributed by atoms with Crippen molar-refractivity contribution < 1.29 is 9.13 Å². The maximum Gasteiger partial charge on any atom is 0.132 e. The predicted molar refractivity (Wildman–Crippen MR) is 63.3 cm³/mol. The van der Waals surface area contributed by atoms with Crippen LogP contribution in [-0.2, 0) is 0 Å². The van der Waals surface area contributed by atoms with Gasteiger partial charge in [0.05, 0.1) is 18.7 Å². The lowest BCUT2D eigenvalue weighted by atomic mass is 10.0. The summed E-state index contributed by atoms with van der Waals surface area (Å²) in [5, 5.41) is 1.92. The molecule has 0 aliphatic rings. The SMILES string of the molecule is COc1cccc(F)c1C(N)c1cccs1. The van der Waals surface area contributed by atoms with Gasteiger partial charge in [-0.05, 0) is 23.6 Å². The van der Waals surface area contributed by atoms with Crippen LogP contribution < -0.4 is 10.5 Å². The van der Waals surface area contributed by atoms with Gasteiger partial charge in [-0.1, -0.05) is 12.1 Å². The summed E-state index contributed by atoms with van der Waals surface area (Å²) in [4.78, 5) is 0.920. The smallest absolute Gasteiger partial charge is 0.132 e. The highest BCUT2D eigenvalue weighted by Crippen LogP contribution is 2.32. The fourth-order valence-electron chi connectivity index (χ4n) is 1.61. The largest absolute Gasteiger partial charge is 0.496 e. The molecule has 0 spiro atoms. The molecule has 2 rings (SSSR count). The van der Waals surface area contributed by atoms with E-state index < -0.39 is 6.04 Å².